The zero-order valence-corrected chi connectivity index (χ0v) is 9.12. The van der Waals surface area contributed by atoms with E-state index >= 15 is 0 Å². The lowest BCUT2D eigenvalue weighted by Gasteiger charge is -2.19. The maximum absolute atomic E-state index is 11.6. The van der Waals surface area contributed by atoms with Crippen molar-refractivity contribution in [2.24, 2.45) is 0 Å². The first-order valence-corrected chi connectivity index (χ1v) is 5.38. The van der Waals surface area contributed by atoms with E-state index in [1.807, 2.05) is 0 Å². The molecule has 1 saturated heterocycles. The molecule has 1 rings (SSSR count). The van der Waals surface area contributed by atoms with Crippen LogP contribution in [0, 0.1) is 0 Å². The molecule has 15 heavy (non-hydrogen) atoms. The van der Waals surface area contributed by atoms with E-state index in [0.29, 0.717) is 0 Å². The highest BCUT2D eigenvalue weighted by Crippen LogP contribution is 1.99. The van der Waals surface area contributed by atoms with Crippen LogP contribution < -0.4 is 10.0 Å². The molecule has 0 bridgehead atoms. The van der Waals surface area contributed by atoms with Crippen molar-refractivity contribution in [1.82, 2.24) is 4.90 Å². The fourth-order valence-electron chi connectivity index (χ4n) is 1.75. The van der Waals surface area contributed by atoms with Gasteiger partial charge in [0, 0.05) is 25.4 Å². The molecule has 1 heterocycles. The molecule has 0 aromatic heterocycles. The third-order valence-corrected chi connectivity index (χ3v) is 2.74. The number of hydrogen-bond acceptors (Lipinski definition) is 3. The van der Waals surface area contributed by atoms with Crippen LogP contribution >= 0.6 is 0 Å². The Balaban J connectivity index is 2.34. The number of nitrogens with one attached hydrogen (secondary N) is 1. The lowest BCUT2D eigenvalue weighted by atomic mass is 10.2. The van der Waals surface area contributed by atoms with Crippen LogP contribution in [0.15, 0.2) is 0 Å². The maximum Gasteiger partial charge on any atom is 0.223 e. The number of hydrogen-bond donors (Lipinski definition) is 1. The van der Waals surface area contributed by atoms with Crippen molar-refractivity contribution >= 4 is 11.9 Å². The van der Waals surface area contributed by atoms with E-state index in [0.717, 1.165) is 32.6 Å². The molecule has 1 atom stereocenters. The second kappa shape index (κ2) is 5.70. The van der Waals surface area contributed by atoms with E-state index < -0.39 is 5.97 Å². The zero-order valence-electron chi connectivity index (χ0n) is 9.12. The average molecular weight is 214 g/mol. The van der Waals surface area contributed by atoms with E-state index in [4.69, 9.17) is 0 Å². The summed E-state index contributed by atoms with van der Waals surface area (Å²) in [7, 11) is 2.11. The van der Waals surface area contributed by atoms with E-state index in [1.54, 1.807) is 4.90 Å². The number of aliphatic carboxylic acids is 1. The standard InChI is InChI=1S/C10H18N2O3/c1-11-5-2-6-12(8-7-11)9(13)3-4-10(14)15/h2-8H2,1H3,(H,14,15). The largest absolute Gasteiger partial charge is 0.550 e. The zero-order chi connectivity index (χ0) is 11.3. The van der Waals surface area contributed by atoms with Gasteiger partial charge in [-0.05, 0) is 6.42 Å². The minimum Gasteiger partial charge on any atom is -0.550 e. The number of likely N-dealkylation sites (N-methyl/N-ethyl adjacent to an activating group) is 1. The number of carboxylic acids is 1. The number of nitrogens with zero attached hydrogens (tertiary/aromatic N) is 1. The summed E-state index contributed by atoms with van der Waals surface area (Å²) >= 11 is 0. The lowest BCUT2D eigenvalue weighted by molar-refractivity contribution is -0.877. The number of carbonyl (C=O) groups is 2. The first-order valence-electron chi connectivity index (χ1n) is 5.38. The first-order chi connectivity index (χ1) is 7.09. The Morgan fingerprint density at radius 3 is 2.67 bits per heavy atom. The second-order valence-corrected chi connectivity index (χ2v) is 4.06. The van der Waals surface area contributed by atoms with Crippen LogP contribution in [0.25, 0.3) is 0 Å². The SMILES string of the molecule is C[NH+]1CCCN(C(=O)CCC(=O)[O-])CC1. The molecule has 0 aromatic carbocycles. The minimum atomic E-state index is -1.15. The highest BCUT2D eigenvalue weighted by atomic mass is 16.4. The molecular formula is C10H18N2O3. The summed E-state index contributed by atoms with van der Waals surface area (Å²) in [5, 5.41) is 10.2. The summed E-state index contributed by atoms with van der Waals surface area (Å²) in [6.07, 6.45) is 0.891. The van der Waals surface area contributed by atoms with Gasteiger partial charge in [0.05, 0.1) is 26.7 Å². The van der Waals surface area contributed by atoms with Crippen molar-refractivity contribution in [1.29, 1.82) is 0 Å². The molecule has 0 saturated carbocycles. The van der Waals surface area contributed by atoms with Crippen LogP contribution in [0.5, 0.6) is 0 Å². The summed E-state index contributed by atoms with van der Waals surface area (Å²) in [4.78, 5) is 25.0. The summed E-state index contributed by atoms with van der Waals surface area (Å²) in [6.45, 7) is 3.50. The molecule has 5 heteroatoms. The van der Waals surface area contributed by atoms with Gasteiger partial charge in [0.2, 0.25) is 5.91 Å². The molecule has 0 aliphatic carbocycles. The summed E-state index contributed by atoms with van der Waals surface area (Å²) in [5.41, 5.74) is 0. The van der Waals surface area contributed by atoms with E-state index in [2.05, 4.69) is 7.05 Å². The Kier molecular flexibility index (Phi) is 4.55. The fraction of sp³-hybridized carbons (Fsp3) is 0.800. The summed E-state index contributed by atoms with van der Waals surface area (Å²) < 4.78 is 0. The molecular weight excluding hydrogens is 196 g/mol. The van der Waals surface area contributed by atoms with Crippen LogP contribution in [0.4, 0.5) is 0 Å². The predicted octanol–water partition coefficient (Wildman–Crippen LogP) is -2.74. The highest BCUT2D eigenvalue weighted by Gasteiger charge is 2.18. The van der Waals surface area contributed by atoms with Gasteiger partial charge in [0.15, 0.2) is 0 Å². The summed E-state index contributed by atoms with van der Waals surface area (Å²) in [5.74, 6) is -1.21. The third-order valence-electron chi connectivity index (χ3n) is 2.74. The molecule has 1 aliphatic heterocycles. The molecule has 1 unspecified atom stereocenters. The van der Waals surface area contributed by atoms with Crippen molar-refractivity contribution in [2.75, 3.05) is 33.2 Å². The molecule has 1 fully saturated rings. The molecule has 1 amide bonds. The average Bonchev–Trinajstić information content (AvgIpc) is 2.39. The van der Waals surface area contributed by atoms with Crippen molar-refractivity contribution in [3.05, 3.63) is 0 Å². The number of carbonyl (C=O) groups excluding carboxylic acids is 2. The first kappa shape index (κ1) is 12.0. The van der Waals surface area contributed by atoms with Crippen molar-refractivity contribution in [2.45, 2.75) is 19.3 Å². The van der Waals surface area contributed by atoms with Gasteiger partial charge in [-0.3, -0.25) is 4.79 Å². The quantitative estimate of drug-likeness (QED) is 0.554. The minimum absolute atomic E-state index is 0.0612. The molecule has 5 nitrogen and oxygen atoms in total. The normalized spacial score (nSPS) is 22.2. The van der Waals surface area contributed by atoms with Crippen LogP contribution in [-0.2, 0) is 9.59 Å². The molecule has 0 radical (unpaired) electrons. The molecule has 1 aliphatic rings. The van der Waals surface area contributed by atoms with Crippen molar-refractivity contribution < 1.29 is 19.6 Å². The van der Waals surface area contributed by atoms with Gasteiger partial charge in [-0.1, -0.05) is 0 Å². The van der Waals surface area contributed by atoms with E-state index in [1.165, 1.54) is 4.90 Å². The monoisotopic (exact) mass is 214 g/mol. The smallest absolute Gasteiger partial charge is 0.223 e. The van der Waals surface area contributed by atoms with Crippen molar-refractivity contribution in [3.8, 4) is 0 Å². The van der Waals surface area contributed by atoms with Gasteiger partial charge in [-0.15, -0.1) is 0 Å². The Hall–Kier alpha value is -1.10. The Bertz CT molecular complexity index is 243. The molecule has 0 spiro atoms. The van der Waals surface area contributed by atoms with E-state index in [9.17, 15) is 14.7 Å². The Labute approximate surface area is 89.7 Å². The third kappa shape index (κ3) is 4.29. The van der Waals surface area contributed by atoms with Crippen LogP contribution in [0.3, 0.4) is 0 Å². The van der Waals surface area contributed by atoms with Gasteiger partial charge >= 0.3 is 0 Å². The predicted molar refractivity (Wildman–Crippen MR) is 52.1 cm³/mol. The Morgan fingerprint density at radius 2 is 2.00 bits per heavy atom. The number of carboxylic acid groups (broad SMARTS) is 1. The fourth-order valence-corrected chi connectivity index (χ4v) is 1.75. The maximum atomic E-state index is 11.6. The number of rotatable bonds is 3. The van der Waals surface area contributed by atoms with Gasteiger partial charge in [0.25, 0.3) is 0 Å². The molecule has 0 aromatic rings. The highest BCUT2D eigenvalue weighted by molar-refractivity contribution is 5.80. The van der Waals surface area contributed by atoms with Crippen LogP contribution in [-0.4, -0.2) is 50.0 Å². The topological polar surface area (TPSA) is 64.9 Å². The Morgan fingerprint density at radius 1 is 1.27 bits per heavy atom. The van der Waals surface area contributed by atoms with Gasteiger partial charge in [-0.25, -0.2) is 0 Å². The van der Waals surface area contributed by atoms with Crippen LogP contribution in [0.2, 0.25) is 0 Å². The molecule has 1 N–H and O–H groups in total. The number of amides is 1. The second-order valence-electron chi connectivity index (χ2n) is 4.06. The van der Waals surface area contributed by atoms with Gasteiger partial charge in [0.1, 0.15) is 0 Å². The molecule has 86 valence electrons. The van der Waals surface area contributed by atoms with Gasteiger partial charge < -0.3 is 19.7 Å². The van der Waals surface area contributed by atoms with Gasteiger partial charge in [-0.2, -0.15) is 0 Å². The summed E-state index contributed by atoms with van der Waals surface area (Å²) in [6, 6.07) is 0. The van der Waals surface area contributed by atoms with E-state index in [-0.39, 0.29) is 18.7 Å². The lowest BCUT2D eigenvalue weighted by Crippen LogP contribution is -3.09. The number of quaternary nitrogens is 1. The van der Waals surface area contributed by atoms with Crippen molar-refractivity contribution in [3.63, 3.8) is 0 Å². The van der Waals surface area contributed by atoms with Crippen LogP contribution in [0.1, 0.15) is 19.3 Å².